The highest BCUT2D eigenvalue weighted by Gasteiger charge is 2.41. The Kier molecular flexibility index (Phi) is 4.12. The summed E-state index contributed by atoms with van der Waals surface area (Å²) in [6.07, 6.45) is -4.84. The zero-order chi connectivity index (χ0) is 18.2. The highest BCUT2D eigenvalue weighted by atomic mass is 19.4. The van der Waals surface area contributed by atoms with E-state index in [1.807, 2.05) is 0 Å². The number of para-hydroxylation sites is 1. The molecule has 1 saturated heterocycles. The lowest BCUT2D eigenvalue weighted by Gasteiger charge is -2.18. The van der Waals surface area contributed by atoms with Crippen molar-refractivity contribution in [1.29, 1.82) is 0 Å². The van der Waals surface area contributed by atoms with Gasteiger partial charge in [-0.3, -0.25) is 9.59 Å². The number of carbonyl (C=O) groups excluding carboxylic acids is 2. The summed E-state index contributed by atoms with van der Waals surface area (Å²) in [7, 11) is 0. The van der Waals surface area contributed by atoms with E-state index >= 15 is 0 Å². The van der Waals surface area contributed by atoms with E-state index in [2.05, 4.69) is 5.32 Å². The van der Waals surface area contributed by atoms with Crippen LogP contribution in [0, 0.1) is 0 Å². The van der Waals surface area contributed by atoms with Crippen LogP contribution in [-0.2, 0) is 15.8 Å². The van der Waals surface area contributed by atoms with Crippen molar-refractivity contribution < 1.29 is 27.9 Å². The lowest BCUT2D eigenvalue weighted by molar-refractivity contribution is -0.137. The molecule has 3 rings (SSSR count). The number of carbonyl (C=O) groups is 2. The Labute approximate surface area is 140 Å². The molecule has 2 aromatic carbocycles. The van der Waals surface area contributed by atoms with Crippen molar-refractivity contribution in [3.8, 4) is 5.75 Å². The highest BCUT2D eigenvalue weighted by molar-refractivity contribution is 6.23. The first kappa shape index (κ1) is 16.8. The van der Waals surface area contributed by atoms with Gasteiger partial charge >= 0.3 is 6.18 Å². The van der Waals surface area contributed by atoms with Gasteiger partial charge in [-0.1, -0.05) is 12.1 Å². The molecule has 5 nitrogen and oxygen atoms in total. The molecule has 0 aromatic heterocycles. The summed E-state index contributed by atoms with van der Waals surface area (Å²) in [5, 5.41) is 11.8. The van der Waals surface area contributed by atoms with E-state index in [0.717, 1.165) is 11.0 Å². The van der Waals surface area contributed by atoms with Gasteiger partial charge in [0.05, 0.1) is 17.7 Å². The molecule has 0 radical (unpaired) electrons. The van der Waals surface area contributed by atoms with Crippen LogP contribution < -0.4 is 10.2 Å². The average Bonchev–Trinajstić information content (AvgIpc) is 2.82. The van der Waals surface area contributed by atoms with Crippen LogP contribution in [0.4, 0.5) is 24.5 Å². The van der Waals surface area contributed by atoms with Crippen molar-refractivity contribution in [3.63, 3.8) is 0 Å². The monoisotopic (exact) mass is 350 g/mol. The van der Waals surface area contributed by atoms with Crippen LogP contribution in [0.1, 0.15) is 12.0 Å². The number of hydrogen-bond donors (Lipinski definition) is 2. The summed E-state index contributed by atoms with van der Waals surface area (Å²) in [4.78, 5) is 25.5. The quantitative estimate of drug-likeness (QED) is 0.835. The molecule has 1 atom stereocenters. The van der Waals surface area contributed by atoms with Crippen molar-refractivity contribution in [2.24, 2.45) is 0 Å². The van der Waals surface area contributed by atoms with Gasteiger partial charge in [0, 0.05) is 5.69 Å². The van der Waals surface area contributed by atoms with Crippen LogP contribution in [-0.4, -0.2) is 23.0 Å². The van der Waals surface area contributed by atoms with Crippen molar-refractivity contribution in [2.45, 2.75) is 18.6 Å². The highest BCUT2D eigenvalue weighted by Crippen LogP contribution is 2.36. The van der Waals surface area contributed by atoms with Gasteiger partial charge in [-0.05, 0) is 36.4 Å². The number of anilines is 2. The average molecular weight is 350 g/mol. The molecule has 8 heteroatoms. The van der Waals surface area contributed by atoms with Crippen LogP contribution in [0.2, 0.25) is 0 Å². The molecule has 0 saturated carbocycles. The summed E-state index contributed by atoms with van der Waals surface area (Å²) in [6, 6.07) is 9.09. The van der Waals surface area contributed by atoms with E-state index in [9.17, 15) is 27.9 Å². The maximum atomic E-state index is 13.0. The largest absolute Gasteiger partial charge is 0.508 e. The number of rotatable bonds is 3. The number of benzene rings is 2. The maximum Gasteiger partial charge on any atom is 0.418 e. The van der Waals surface area contributed by atoms with E-state index < -0.39 is 29.6 Å². The molecule has 1 heterocycles. The van der Waals surface area contributed by atoms with E-state index in [1.54, 1.807) is 0 Å². The zero-order valence-electron chi connectivity index (χ0n) is 12.7. The van der Waals surface area contributed by atoms with Gasteiger partial charge in [0.15, 0.2) is 0 Å². The van der Waals surface area contributed by atoms with Gasteiger partial charge in [-0.15, -0.1) is 0 Å². The van der Waals surface area contributed by atoms with Gasteiger partial charge in [0.1, 0.15) is 11.8 Å². The number of aromatic hydroxyl groups is 1. The number of hydrogen-bond acceptors (Lipinski definition) is 4. The molecule has 1 fully saturated rings. The molecule has 0 aliphatic carbocycles. The summed E-state index contributed by atoms with van der Waals surface area (Å²) in [5.74, 6) is -1.21. The summed E-state index contributed by atoms with van der Waals surface area (Å²) in [5.41, 5.74) is -0.909. The Morgan fingerprint density at radius 3 is 2.32 bits per heavy atom. The van der Waals surface area contributed by atoms with Gasteiger partial charge in [-0.2, -0.15) is 13.2 Å². The fraction of sp³-hybridized carbons (Fsp3) is 0.176. The smallest absolute Gasteiger partial charge is 0.418 e. The second kappa shape index (κ2) is 6.12. The predicted octanol–water partition coefficient (Wildman–Crippen LogP) is 3.16. The second-order valence-corrected chi connectivity index (χ2v) is 5.53. The third-order valence-corrected chi connectivity index (χ3v) is 3.82. The zero-order valence-corrected chi connectivity index (χ0v) is 12.7. The number of nitrogens with one attached hydrogen (secondary N) is 1. The summed E-state index contributed by atoms with van der Waals surface area (Å²) >= 11 is 0. The minimum atomic E-state index is -4.58. The second-order valence-electron chi connectivity index (χ2n) is 5.53. The van der Waals surface area contributed by atoms with Crippen LogP contribution in [0.25, 0.3) is 0 Å². The molecule has 1 aliphatic rings. The van der Waals surface area contributed by atoms with Gasteiger partial charge < -0.3 is 10.4 Å². The Balaban J connectivity index is 1.85. The fourth-order valence-electron chi connectivity index (χ4n) is 2.66. The normalized spacial score (nSPS) is 17.9. The first-order valence-electron chi connectivity index (χ1n) is 7.36. The molecule has 0 spiro atoms. The molecule has 130 valence electrons. The van der Waals surface area contributed by atoms with Gasteiger partial charge in [0.2, 0.25) is 5.91 Å². The standard InChI is InChI=1S/C17H13F3N2O3/c18-17(19,20)12-3-1-2-4-13(12)21-14-9-15(24)22(16(14)25)10-5-7-11(23)8-6-10/h1-8,14,21,23H,9H2. The van der Waals surface area contributed by atoms with E-state index in [0.29, 0.717) is 0 Å². The Morgan fingerprint density at radius 2 is 1.68 bits per heavy atom. The number of nitrogens with zero attached hydrogens (tertiary/aromatic N) is 1. The molecule has 2 amide bonds. The van der Waals surface area contributed by atoms with Crippen LogP contribution >= 0.6 is 0 Å². The molecule has 25 heavy (non-hydrogen) atoms. The van der Waals surface area contributed by atoms with E-state index in [1.165, 1.54) is 42.5 Å². The number of halogens is 3. The summed E-state index contributed by atoms with van der Waals surface area (Å²) in [6.45, 7) is 0. The fourth-order valence-corrected chi connectivity index (χ4v) is 2.66. The lowest BCUT2D eigenvalue weighted by atomic mass is 10.1. The Morgan fingerprint density at radius 1 is 1.04 bits per heavy atom. The minimum Gasteiger partial charge on any atom is -0.508 e. The number of alkyl halides is 3. The molecule has 1 unspecified atom stereocenters. The van der Waals surface area contributed by atoms with Crippen LogP contribution in [0.3, 0.4) is 0 Å². The first-order valence-corrected chi connectivity index (χ1v) is 7.36. The van der Waals surface area contributed by atoms with E-state index in [-0.39, 0.29) is 23.5 Å². The SMILES string of the molecule is O=C1CC(Nc2ccccc2C(F)(F)F)C(=O)N1c1ccc(O)cc1. The van der Waals surface area contributed by atoms with Crippen molar-refractivity contribution in [2.75, 3.05) is 10.2 Å². The summed E-state index contributed by atoms with van der Waals surface area (Å²) < 4.78 is 39.1. The maximum absolute atomic E-state index is 13.0. The Bertz CT molecular complexity index is 819. The van der Waals surface area contributed by atoms with E-state index in [4.69, 9.17) is 0 Å². The molecule has 2 aromatic rings. The molecular weight excluding hydrogens is 337 g/mol. The minimum absolute atomic E-state index is 0.0309. The lowest BCUT2D eigenvalue weighted by Crippen LogP contribution is -2.35. The molecular formula is C17H13F3N2O3. The Hall–Kier alpha value is -3.03. The topological polar surface area (TPSA) is 69.6 Å². The number of amides is 2. The van der Waals surface area contributed by atoms with Crippen LogP contribution in [0.15, 0.2) is 48.5 Å². The van der Waals surface area contributed by atoms with Crippen molar-refractivity contribution in [1.82, 2.24) is 0 Å². The first-order chi connectivity index (χ1) is 11.8. The number of imide groups is 1. The molecule has 1 aliphatic heterocycles. The number of phenolic OH excluding ortho intramolecular Hbond substituents is 1. The number of phenols is 1. The van der Waals surface area contributed by atoms with Crippen LogP contribution in [0.5, 0.6) is 5.75 Å². The molecule has 0 bridgehead atoms. The molecule has 2 N–H and O–H groups in total. The predicted molar refractivity (Wildman–Crippen MR) is 84.1 cm³/mol. The van der Waals surface area contributed by atoms with Gasteiger partial charge in [-0.25, -0.2) is 4.90 Å². The van der Waals surface area contributed by atoms with Crippen molar-refractivity contribution >= 4 is 23.2 Å². The van der Waals surface area contributed by atoms with Crippen molar-refractivity contribution in [3.05, 3.63) is 54.1 Å². The third-order valence-electron chi connectivity index (χ3n) is 3.82. The third kappa shape index (κ3) is 3.28. The van der Waals surface area contributed by atoms with Gasteiger partial charge in [0.25, 0.3) is 5.91 Å².